The molecule has 0 spiro atoms. The van der Waals surface area contributed by atoms with Crippen LogP contribution in [-0.2, 0) is 0 Å². The zero-order valence-corrected chi connectivity index (χ0v) is 8.42. The van der Waals surface area contributed by atoms with Crippen LogP contribution in [-0.4, -0.2) is 48.4 Å². The number of rotatable bonds is 2. The summed E-state index contributed by atoms with van der Waals surface area (Å²) in [5, 5.41) is 7.52. The highest BCUT2D eigenvalue weighted by Crippen LogP contribution is 2.29. The molecule has 0 aromatic heterocycles. The van der Waals surface area contributed by atoms with Crippen molar-refractivity contribution >= 4 is 5.84 Å². The van der Waals surface area contributed by atoms with Crippen LogP contribution in [0.1, 0.15) is 19.8 Å². The van der Waals surface area contributed by atoms with E-state index in [1.54, 1.807) is 0 Å². The third-order valence-electron chi connectivity index (χ3n) is 3.06. The van der Waals surface area contributed by atoms with Gasteiger partial charge in [0.15, 0.2) is 0 Å². The Morgan fingerprint density at radius 1 is 1.23 bits per heavy atom. The van der Waals surface area contributed by atoms with Crippen molar-refractivity contribution in [3.05, 3.63) is 0 Å². The monoisotopic (exact) mass is 181 g/mol. The van der Waals surface area contributed by atoms with E-state index in [2.05, 4.69) is 9.80 Å². The highest BCUT2D eigenvalue weighted by molar-refractivity contribution is 5.76. The minimum absolute atomic E-state index is 0.728. The van der Waals surface area contributed by atoms with E-state index < -0.39 is 0 Å². The molecule has 0 unspecified atom stereocenters. The molecule has 0 amide bonds. The van der Waals surface area contributed by atoms with Crippen molar-refractivity contribution in [2.75, 3.05) is 32.7 Å². The maximum absolute atomic E-state index is 7.52. The molecule has 2 rings (SSSR count). The average Bonchev–Trinajstić information content (AvgIpc) is 2.89. The molecule has 0 bridgehead atoms. The molecule has 1 saturated heterocycles. The molecule has 0 aromatic carbocycles. The standard InChI is InChI=1S/C10H19N3/c1-9(11)13-6-4-12(5-7-13)8-10-2-3-10/h10-11H,2-8H2,1H3. The van der Waals surface area contributed by atoms with Gasteiger partial charge in [-0.15, -0.1) is 0 Å². The summed E-state index contributed by atoms with van der Waals surface area (Å²) in [6.45, 7) is 7.63. The molecule has 2 fully saturated rings. The highest BCUT2D eigenvalue weighted by Gasteiger charge is 2.26. The Balaban J connectivity index is 1.71. The Morgan fingerprint density at radius 2 is 1.85 bits per heavy atom. The van der Waals surface area contributed by atoms with Crippen LogP contribution in [0.25, 0.3) is 0 Å². The van der Waals surface area contributed by atoms with Gasteiger partial charge < -0.3 is 4.90 Å². The number of amidine groups is 1. The molecule has 0 radical (unpaired) electrons. The molecular weight excluding hydrogens is 162 g/mol. The molecule has 3 heteroatoms. The van der Waals surface area contributed by atoms with Crippen molar-refractivity contribution < 1.29 is 0 Å². The maximum Gasteiger partial charge on any atom is 0.0926 e. The van der Waals surface area contributed by atoms with Gasteiger partial charge in [0.1, 0.15) is 0 Å². The van der Waals surface area contributed by atoms with Crippen LogP contribution in [0.4, 0.5) is 0 Å². The third kappa shape index (κ3) is 2.44. The molecule has 1 aliphatic heterocycles. The van der Waals surface area contributed by atoms with Gasteiger partial charge in [0.05, 0.1) is 5.84 Å². The number of hydrogen-bond donors (Lipinski definition) is 1. The van der Waals surface area contributed by atoms with Crippen molar-refractivity contribution in [2.24, 2.45) is 5.92 Å². The summed E-state index contributed by atoms with van der Waals surface area (Å²) < 4.78 is 0. The smallest absolute Gasteiger partial charge is 0.0926 e. The number of nitrogens with one attached hydrogen (secondary N) is 1. The van der Waals surface area contributed by atoms with Gasteiger partial charge in [-0.25, -0.2) is 0 Å². The average molecular weight is 181 g/mol. The summed E-state index contributed by atoms with van der Waals surface area (Å²) in [5.41, 5.74) is 0. The zero-order chi connectivity index (χ0) is 9.26. The van der Waals surface area contributed by atoms with Crippen molar-refractivity contribution in [3.63, 3.8) is 0 Å². The van der Waals surface area contributed by atoms with Crippen LogP contribution in [0.3, 0.4) is 0 Å². The van der Waals surface area contributed by atoms with Crippen molar-refractivity contribution in [1.29, 1.82) is 5.41 Å². The molecule has 1 N–H and O–H groups in total. The van der Waals surface area contributed by atoms with E-state index in [1.165, 1.54) is 19.4 Å². The Labute approximate surface area is 80.2 Å². The first-order valence-corrected chi connectivity index (χ1v) is 5.28. The van der Waals surface area contributed by atoms with Crippen LogP contribution < -0.4 is 0 Å². The lowest BCUT2D eigenvalue weighted by molar-refractivity contribution is 0.175. The summed E-state index contributed by atoms with van der Waals surface area (Å²) >= 11 is 0. The van der Waals surface area contributed by atoms with Crippen molar-refractivity contribution in [3.8, 4) is 0 Å². The molecule has 0 aromatic rings. The Morgan fingerprint density at radius 3 is 2.31 bits per heavy atom. The topological polar surface area (TPSA) is 30.3 Å². The lowest BCUT2D eigenvalue weighted by Gasteiger charge is -2.35. The minimum Gasteiger partial charge on any atom is -0.358 e. The lowest BCUT2D eigenvalue weighted by Crippen LogP contribution is -2.48. The van der Waals surface area contributed by atoms with E-state index in [0.29, 0.717) is 0 Å². The van der Waals surface area contributed by atoms with Gasteiger partial charge in [-0.2, -0.15) is 0 Å². The van der Waals surface area contributed by atoms with Gasteiger partial charge >= 0.3 is 0 Å². The van der Waals surface area contributed by atoms with Crippen LogP contribution in [0.15, 0.2) is 0 Å². The second kappa shape index (κ2) is 3.66. The summed E-state index contributed by atoms with van der Waals surface area (Å²) in [5.74, 6) is 1.73. The minimum atomic E-state index is 0.728. The fraction of sp³-hybridized carbons (Fsp3) is 0.900. The van der Waals surface area contributed by atoms with E-state index in [9.17, 15) is 0 Å². The third-order valence-corrected chi connectivity index (χ3v) is 3.06. The highest BCUT2D eigenvalue weighted by atomic mass is 15.3. The van der Waals surface area contributed by atoms with Gasteiger partial charge in [0.2, 0.25) is 0 Å². The Bertz CT molecular complexity index is 190. The van der Waals surface area contributed by atoms with E-state index in [1.807, 2.05) is 6.92 Å². The summed E-state index contributed by atoms with van der Waals surface area (Å²) in [6.07, 6.45) is 2.90. The molecule has 1 saturated carbocycles. The molecule has 2 aliphatic rings. The normalized spacial score (nSPS) is 24.8. The van der Waals surface area contributed by atoms with Gasteiger partial charge in [-0.1, -0.05) is 0 Å². The fourth-order valence-corrected chi connectivity index (χ4v) is 1.93. The summed E-state index contributed by atoms with van der Waals surface area (Å²) in [4.78, 5) is 4.72. The van der Waals surface area contributed by atoms with E-state index in [4.69, 9.17) is 5.41 Å². The first kappa shape index (κ1) is 9.00. The van der Waals surface area contributed by atoms with Crippen LogP contribution in [0.5, 0.6) is 0 Å². The molecule has 74 valence electrons. The second-order valence-electron chi connectivity index (χ2n) is 4.32. The predicted molar refractivity (Wildman–Crippen MR) is 54.1 cm³/mol. The van der Waals surface area contributed by atoms with Gasteiger partial charge in [-0.3, -0.25) is 10.3 Å². The maximum atomic E-state index is 7.52. The molecule has 0 atom stereocenters. The van der Waals surface area contributed by atoms with E-state index in [-0.39, 0.29) is 0 Å². The van der Waals surface area contributed by atoms with E-state index in [0.717, 1.165) is 37.9 Å². The molecule has 13 heavy (non-hydrogen) atoms. The van der Waals surface area contributed by atoms with Crippen LogP contribution in [0.2, 0.25) is 0 Å². The fourth-order valence-electron chi connectivity index (χ4n) is 1.93. The first-order chi connectivity index (χ1) is 6.25. The number of nitrogens with zero attached hydrogens (tertiary/aromatic N) is 2. The second-order valence-corrected chi connectivity index (χ2v) is 4.32. The van der Waals surface area contributed by atoms with E-state index >= 15 is 0 Å². The Hall–Kier alpha value is -0.570. The number of hydrogen-bond acceptors (Lipinski definition) is 2. The molecule has 1 aliphatic carbocycles. The van der Waals surface area contributed by atoms with Gasteiger partial charge in [0, 0.05) is 32.7 Å². The van der Waals surface area contributed by atoms with Crippen molar-refractivity contribution in [2.45, 2.75) is 19.8 Å². The van der Waals surface area contributed by atoms with Gasteiger partial charge in [0.25, 0.3) is 0 Å². The SMILES string of the molecule is CC(=N)N1CCN(CC2CC2)CC1. The lowest BCUT2D eigenvalue weighted by atomic mass is 10.3. The molecular formula is C10H19N3. The molecule has 1 heterocycles. The zero-order valence-electron chi connectivity index (χ0n) is 8.42. The summed E-state index contributed by atoms with van der Waals surface area (Å²) in [7, 11) is 0. The largest absolute Gasteiger partial charge is 0.358 e. The summed E-state index contributed by atoms with van der Waals surface area (Å²) in [6, 6.07) is 0. The number of piperazine rings is 1. The molecule has 3 nitrogen and oxygen atoms in total. The van der Waals surface area contributed by atoms with Crippen molar-refractivity contribution in [1.82, 2.24) is 9.80 Å². The van der Waals surface area contributed by atoms with Gasteiger partial charge in [-0.05, 0) is 25.7 Å². The van der Waals surface area contributed by atoms with Crippen LogP contribution in [0, 0.1) is 11.3 Å². The van der Waals surface area contributed by atoms with Crippen LogP contribution >= 0.6 is 0 Å². The predicted octanol–water partition coefficient (Wildman–Crippen LogP) is 1.01. The Kier molecular flexibility index (Phi) is 2.54. The first-order valence-electron chi connectivity index (χ1n) is 5.28. The quantitative estimate of drug-likeness (QED) is 0.509.